The first kappa shape index (κ1) is 25.9. The number of ether oxygens (including phenoxy) is 9. The van der Waals surface area contributed by atoms with Crippen LogP contribution in [0.15, 0.2) is 87.5 Å². The maximum Gasteiger partial charge on any atom is 0.494 e. The molecular formula is C43H55BBr2O14. The number of aromatic hydroxyl groups is 3. The Morgan fingerprint density at radius 3 is 1.58 bits per heavy atom. The van der Waals surface area contributed by atoms with Gasteiger partial charge < -0.3 is 67.3 Å². The molecule has 0 spiro atoms. The highest BCUT2D eigenvalue weighted by atomic mass is 79.9. The zero-order valence-electron chi connectivity index (χ0n) is 54.5. The van der Waals surface area contributed by atoms with Crippen LogP contribution in [0, 0.1) is 0 Å². The van der Waals surface area contributed by atoms with E-state index in [-0.39, 0.29) is 76.0 Å². The van der Waals surface area contributed by atoms with Gasteiger partial charge in [-0.25, -0.2) is 0 Å². The number of hydrogen-bond acceptors (Lipinski definition) is 14. The van der Waals surface area contributed by atoms with Crippen LogP contribution in [0.25, 0.3) is 0 Å². The average Bonchev–Trinajstić information content (AvgIpc) is 3.47. The lowest BCUT2D eigenvalue weighted by Gasteiger charge is -2.32. The molecule has 0 radical (unpaired) electrons. The molecule has 0 aromatic heterocycles. The summed E-state index contributed by atoms with van der Waals surface area (Å²) in [6.07, 6.45) is -0.810. The van der Waals surface area contributed by atoms with Gasteiger partial charge in [0.15, 0.2) is 46.0 Å². The van der Waals surface area contributed by atoms with Gasteiger partial charge in [-0.15, -0.1) is 0 Å². The van der Waals surface area contributed by atoms with Crippen molar-refractivity contribution in [3.8, 4) is 46.0 Å². The second-order valence-electron chi connectivity index (χ2n) is 13.0. The summed E-state index contributed by atoms with van der Waals surface area (Å²) in [5, 5.41) is 27.3. The summed E-state index contributed by atoms with van der Waals surface area (Å²) in [5.41, 5.74) is -1.60. The second-order valence-corrected chi connectivity index (χ2v) is 14.6. The van der Waals surface area contributed by atoms with Gasteiger partial charge in [0, 0.05) is 8.95 Å². The van der Waals surface area contributed by atoms with E-state index < -0.39 is 134 Å². The number of phenols is 3. The highest BCUT2D eigenvalue weighted by Gasteiger charge is 2.51. The summed E-state index contributed by atoms with van der Waals surface area (Å²) in [7, 11) is -9.69. The first-order valence-corrected chi connectivity index (χ1v) is 19.1. The molecule has 7 rings (SSSR count). The summed E-state index contributed by atoms with van der Waals surface area (Å²) in [5.74, 6) is -4.56. The van der Waals surface area contributed by atoms with Crippen molar-refractivity contribution in [2.75, 3.05) is 74.0 Å². The summed E-state index contributed by atoms with van der Waals surface area (Å²) >= 11 is 5.84. The lowest BCUT2D eigenvalue weighted by Crippen LogP contribution is -2.41. The quantitative estimate of drug-likeness (QED) is 0.107. The summed E-state index contributed by atoms with van der Waals surface area (Å²) < 4.78 is 222. The van der Waals surface area contributed by atoms with E-state index in [1.807, 2.05) is 27.7 Å². The van der Waals surface area contributed by atoms with Crippen molar-refractivity contribution in [2.45, 2.75) is 51.1 Å². The van der Waals surface area contributed by atoms with E-state index >= 15 is 0 Å². The highest BCUT2D eigenvalue weighted by molar-refractivity contribution is 9.10. The Labute approximate surface area is 400 Å². The van der Waals surface area contributed by atoms with Crippen molar-refractivity contribution in [1.29, 1.82) is 0 Å². The van der Waals surface area contributed by atoms with Crippen LogP contribution in [0.5, 0.6) is 46.0 Å². The Bertz CT molecular complexity index is 2770. The molecule has 17 heteroatoms. The number of methoxy groups -OCH3 is 3. The number of para-hydroxylation sites is 2. The molecule has 3 aliphatic rings. The molecule has 60 heavy (non-hydrogen) atoms. The van der Waals surface area contributed by atoms with Crippen LogP contribution >= 0.6 is 31.9 Å². The monoisotopic (exact) mass is 986 g/mol. The number of benzene rings is 4. The summed E-state index contributed by atoms with van der Waals surface area (Å²) in [6, 6.07) is -6.12. The maximum absolute atomic E-state index is 9.42. The molecule has 3 fully saturated rings. The van der Waals surface area contributed by atoms with Gasteiger partial charge in [-0.2, -0.15) is 0 Å². The third-order valence-corrected chi connectivity index (χ3v) is 9.04. The molecule has 4 aromatic carbocycles. The number of halogens is 2. The molecule has 4 aromatic rings. The zero-order chi connectivity index (χ0) is 62.5. The third kappa shape index (κ3) is 14.9. The minimum atomic E-state index is -2.90. The molecule has 328 valence electrons. The fourth-order valence-electron chi connectivity index (χ4n) is 4.53. The van der Waals surface area contributed by atoms with Crippen LogP contribution < -0.4 is 29.1 Å². The van der Waals surface area contributed by atoms with Gasteiger partial charge in [0.2, 0.25) is 0 Å². The van der Waals surface area contributed by atoms with E-state index in [1.54, 1.807) is 0 Å². The van der Waals surface area contributed by atoms with Gasteiger partial charge in [-0.1, -0.05) is 50.0 Å². The van der Waals surface area contributed by atoms with E-state index in [2.05, 4.69) is 36.6 Å². The Morgan fingerprint density at radius 2 is 1.08 bits per heavy atom. The van der Waals surface area contributed by atoms with Crippen molar-refractivity contribution >= 4 is 44.4 Å². The molecule has 3 heterocycles. The minimum Gasteiger partial charge on any atom is -0.504 e. The van der Waals surface area contributed by atoms with Crippen molar-refractivity contribution in [3.63, 3.8) is 0 Å². The Morgan fingerprint density at radius 1 is 0.617 bits per heavy atom. The Balaban J connectivity index is 0.000000250. The number of hydrogen-bond donors (Lipinski definition) is 3. The fourth-order valence-corrected chi connectivity index (χ4v) is 5.08. The maximum atomic E-state index is 9.42. The van der Waals surface area contributed by atoms with Crippen LogP contribution in [0.4, 0.5) is 0 Å². The standard InChI is InChI=1S/C18H27BO6.C12H15BrO4.C7H7BrO2.C6H6O2/c1-17(2)18(3,4)25-19(24-17)13-6-7-15(16(10-13)20-5)23-12-14-11-21-8-9-22-14;1-14-12-6-9(13)2-3-11(12)17-8-10-7-15-4-5-16-10;1-10-7-4-5(8)2-3-6(7)9;7-5-3-1-2-4-6(5)8/h6-7,10,14H,8-9,11-12H2,1-5H3;2-3,6,10H,4-5,7-8H2,1H3;2-4,9H,1H3;1-4,7-8H/t14-;10-;;/m11../s1/i5D3,6D,7D,10D;1D3,2D,3D,6D;1D3,2D,3D,4D;1D,2D,3D,4D. The molecule has 0 bridgehead atoms. The molecule has 0 amide bonds. The zero-order valence-corrected chi connectivity index (χ0v) is 35.6. The van der Waals surface area contributed by atoms with Crippen molar-refractivity contribution in [1.82, 2.24) is 0 Å². The molecule has 0 unspecified atom stereocenters. The van der Waals surface area contributed by atoms with Crippen molar-refractivity contribution in [2.24, 2.45) is 0 Å². The Kier molecular flexibility index (Phi) is 10.3. The molecule has 3 N–H and O–H groups in total. The van der Waals surface area contributed by atoms with Crippen LogP contribution in [-0.2, 0) is 28.3 Å². The molecule has 3 saturated heterocycles. The van der Waals surface area contributed by atoms with Gasteiger partial charge in [0.25, 0.3) is 0 Å². The summed E-state index contributed by atoms with van der Waals surface area (Å²) in [6.45, 7) is 9.50. The SMILES string of the molecule is [2H]c1c([2H])c(B2OC(C)(C)C(C)(C)O2)c([2H])c(OC([2H])([2H])[2H])c1OC[C@H]1COCCO1.[2H]c1c([2H])c(Br)c([2H])c(OC([2H])([2H])[2H])c1O.[2H]c1c([2H])c(OC[C@H]2COCCO2)c(OC([2H])([2H])[2H])c([2H])c1Br.[2H]c1c([2H])c([2H])c(O)c(O)c1[2H]. The van der Waals surface area contributed by atoms with E-state index in [4.69, 9.17) is 87.6 Å². The van der Waals surface area contributed by atoms with E-state index in [0.29, 0.717) is 33.0 Å². The van der Waals surface area contributed by atoms with Gasteiger partial charge in [-0.05, 0) is 93.6 Å². The average molecular weight is 989 g/mol. The number of rotatable bonds is 10. The first-order valence-electron chi connectivity index (χ1n) is 28.5. The van der Waals surface area contributed by atoms with E-state index in [1.165, 1.54) is 0 Å². The van der Waals surface area contributed by atoms with E-state index in [9.17, 15) is 5.11 Å². The third-order valence-electron chi connectivity index (χ3n) is 8.25. The first-order chi connectivity index (χ1) is 37.6. The van der Waals surface area contributed by atoms with Crippen LogP contribution in [-0.4, -0.2) is 120 Å². The van der Waals surface area contributed by atoms with Gasteiger partial charge in [0.05, 0.1) is 102 Å². The van der Waals surface area contributed by atoms with Crippen LogP contribution in [0.3, 0.4) is 0 Å². The van der Waals surface area contributed by atoms with E-state index in [0.717, 1.165) is 0 Å². The van der Waals surface area contributed by atoms with Crippen molar-refractivity contribution < 1.29 is 97.4 Å². The van der Waals surface area contributed by atoms with Crippen LogP contribution in [0.2, 0.25) is 0 Å². The second kappa shape index (κ2) is 23.9. The fraction of sp³-hybridized carbons (Fsp3) is 0.442. The smallest absolute Gasteiger partial charge is 0.494 e. The minimum absolute atomic E-state index is 0.0102. The normalized spacial score (nSPS) is 24.7. The largest absolute Gasteiger partial charge is 0.504 e. The molecule has 0 saturated carbocycles. The predicted molar refractivity (Wildman–Crippen MR) is 234 cm³/mol. The van der Waals surface area contributed by atoms with Gasteiger partial charge >= 0.3 is 7.12 Å². The topological polar surface area (TPSA) is 162 Å². The Hall–Kier alpha value is -3.94. The molecule has 2 atom stereocenters. The van der Waals surface area contributed by atoms with Crippen LogP contribution in [0.1, 0.15) is 57.9 Å². The highest BCUT2D eigenvalue weighted by Crippen LogP contribution is 2.37. The van der Waals surface area contributed by atoms with Gasteiger partial charge in [-0.3, -0.25) is 0 Å². The molecule has 14 nitrogen and oxygen atoms in total. The lowest BCUT2D eigenvalue weighted by molar-refractivity contribution is -0.101. The predicted octanol–water partition coefficient (Wildman–Crippen LogP) is 7.30. The van der Waals surface area contributed by atoms with Crippen molar-refractivity contribution in [3.05, 3.63) is 87.5 Å². The van der Waals surface area contributed by atoms with Gasteiger partial charge in [0.1, 0.15) is 25.4 Å². The molecule has 3 aliphatic heterocycles. The molecule has 0 aliphatic carbocycles. The summed E-state index contributed by atoms with van der Waals surface area (Å²) in [4.78, 5) is 0. The lowest BCUT2D eigenvalue weighted by atomic mass is 9.79. The molecular weight excluding hydrogens is 911 g/mol. The number of phenolic OH excluding ortho intramolecular Hbond substituents is 3.